The molecule has 0 radical (unpaired) electrons. The molecule has 1 rings (SSSR count). The van der Waals surface area contributed by atoms with Gasteiger partial charge >= 0.3 is 5.97 Å². The Kier molecular flexibility index (Phi) is 5.03. The molecule has 0 amide bonds. The van der Waals surface area contributed by atoms with Gasteiger partial charge in [-0.1, -0.05) is 6.07 Å². The molecule has 0 aromatic heterocycles. The van der Waals surface area contributed by atoms with E-state index < -0.39 is 16.0 Å². The number of nitriles is 1. The summed E-state index contributed by atoms with van der Waals surface area (Å²) in [6.45, 7) is 1.60. The summed E-state index contributed by atoms with van der Waals surface area (Å²) in [5.41, 5.74) is 0.155. The maximum atomic E-state index is 12.0. The van der Waals surface area contributed by atoms with Crippen LogP contribution in [0.4, 0.5) is 0 Å². The van der Waals surface area contributed by atoms with Crippen LogP contribution in [0.5, 0.6) is 0 Å². The van der Waals surface area contributed by atoms with Crippen molar-refractivity contribution < 1.29 is 18.3 Å². The van der Waals surface area contributed by atoms with Crippen molar-refractivity contribution in [3.8, 4) is 6.07 Å². The van der Waals surface area contributed by atoms with Gasteiger partial charge < -0.3 is 5.11 Å². The van der Waals surface area contributed by atoms with E-state index in [4.69, 9.17) is 10.4 Å². The van der Waals surface area contributed by atoms with Gasteiger partial charge in [0.15, 0.2) is 0 Å². The molecule has 0 atom stereocenters. The Labute approximate surface area is 111 Å². The molecule has 102 valence electrons. The van der Waals surface area contributed by atoms with Gasteiger partial charge in [-0.3, -0.25) is 0 Å². The minimum atomic E-state index is -3.75. The molecular weight excluding hydrogens is 268 g/mol. The summed E-state index contributed by atoms with van der Waals surface area (Å²) in [6.07, 6.45) is 0.671. The van der Waals surface area contributed by atoms with Crippen molar-refractivity contribution in [2.75, 3.05) is 6.54 Å². The SMILES string of the molecule is Cc1c(C(=O)O)cccc1S(=O)(=O)NCCCC#N. The van der Waals surface area contributed by atoms with Crippen LogP contribution in [0.15, 0.2) is 23.1 Å². The van der Waals surface area contributed by atoms with Gasteiger partial charge in [0, 0.05) is 13.0 Å². The van der Waals surface area contributed by atoms with Crippen LogP contribution in [0.2, 0.25) is 0 Å². The number of carbonyl (C=O) groups is 1. The molecule has 0 aliphatic rings. The summed E-state index contributed by atoms with van der Waals surface area (Å²) < 4.78 is 26.4. The van der Waals surface area contributed by atoms with E-state index in [2.05, 4.69) is 4.72 Å². The van der Waals surface area contributed by atoms with E-state index in [1.165, 1.54) is 25.1 Å². The zero-order valence-electron chi connectivity index (χ0n) is 10.4. The second kappa shape index (κ2) is 6.31. The van der Waals surface area contributed by atoms with Crippen molar-refractivity contribution in [2.24, 2.45) is 0 Å². The van der Waals surface area contributed by atoms with Crippen molar-refractivity contribution in [1.29, 1.82) is 5.26 Å². The standard InChI is InChI=1S/C12H14N2O4S/c1-9-10(12(15)16)5-4-6-11(9)19(17,18)14-8-3-2-7-13/h4-6,14H,2-3,8H2,1H3,(H,15,16). The van der Waals surface area contributed by atoms with Gasteiger partial charge in [-0.25, -0.2) is 17.9 Å². The number of sulfonamides is 1. The average molecular weight is 282 g/mol. The second-order valence-electron chi connectivity index (χ2n) is 3.89. The predicted molar refractivity (Wildman–Crippen MR) is 68.2 cm³/mol. The summed E-state index contributed by atoms with van der Waals surface area (Å²) in [5, 5.41) is 17.3. The van der Waals surface area contributed by atoms with Gasteiger partial charge in [0.05, 0.1) is 16.5 Å². The molecule has 0 aliphatic carbocycles. The Balaban J connectivity index is 2.99. The van der Waals surface area contributed by atoms with Crippen LogP contribution < -0.4 is 4.72 Å². The molecular formula is C12H14N2O4S. The highest BCUT2D eigenvalue weighted by Crippen LogP contribution is 2.18. The Morgan fingerprint density at radius 2 is 2.16 bits per heavy atom. The van der Waals surface area contributed by atoms with Crippen molar-refractivity contribution in [2.45, 2.75) is 24.7 Å². The molecule has 0 bridgehead atoms. The van der Waals surface area contributed by atoms with Crippen LogP contribution in [0.1, 0.15) is 28.8 Å². The number of hydrogen-bond donors (Lipinski definition) is 2. The fourth-order valence-electron chi connectivity index (χ4n) is 1.59. The Morgan fingerprint density at radius 3 is 2.74 bits per heavy atom. The van der Waals surface area contributed by atoms with E-state index in [9.17, 15) is 13.2 Å². The first-order valence-electron chi connectivity index (χ1n) is 5.59. The number of nitrogens with one attached hydrogen (secondary N) is 1. The molecule has 0 spiro atoms. The normalized spacial score (nSPS) is 10.9. The monoisotopic (exact) mass is 282 g/mol. The van der Waals surface area contributed by atoms with Crippen LogP contribution in [-0.4, -0.2) is 26.0 Å². The van der Waals surface area contributed by atoms with Crippen LogP contribution in [0.3, 0.4) is 0 Å². The first kappa shape index (κ1) is 15.1. The molecule has 7 heteroatoms. The number of nitrogens with zero attached hydrogens (tertiary/aromatic N) is 1. The van der Waals surface area contributed by atoms with Gasteiger partial charge in [-0.2, -0.15) is 5.26 Å². The lowest BCUT2D eigenvalue weighted by molar-refractivity contribution is 0.0696. The molecule has 0 saturated heterocycles. The average Bonchev–Trinajstić information content (AvgIpc) is 2.34. The summed E-state index contributed by atoms with van der Waals surface area (Å²) in [7, 11) is -3.75. The number of hydrogen-bond acceptors (Lipinski definition) is 4. The highest BCUT2D eigenvalue weighted by molar-refractivity contribution is 7.89. The fourth-order valence-corrected chi connectivity index (χ4v) is 2.93. The van der Waals surface area contributed by atoms with E-state index in [-0.39, 0.29) is 29.0 Å². The number of unbranched alkanes of at least 4 members (excludes halogenated alkanes) is 1. The molecule has 0 unspecified atom stereocenters. The maximum Gasteiger partial charge on any atom is 0.335 e. The minimum absolute atomic E-state index is 0.0418. The first-order valence-corrected chi connectivity index (χ1v) is 7.08. The van der Waals surface area contributed by atoms with Crippen LogP contribution in [0, 0.1) is 18.3 Å². The van der Waals surface area contributed by atoms with Crippen molar-refractivity contribution in [1.82, 2.24) is 4.72 Å². The van der Waals surface area contributed by atoms with Crippen molar-refractivity contribution in [3.63, 3.8) is 0 Å². The number of carboxylic acid groups (broad SMARTS) is 1. The lowest BCUT2D eigenvalue weighted by Gasteiger charge is -2.10. The molecule has 0 heterocycles. The molecule has 0 saturated carbocycles. The Bertz CT molecular complexity index is 617. The lowest BCUT2D eigenvalue weighted by Crippen LogP contribution is -2.26. The Morgan fingerprint density at radius 1 is 1.47 bits per heavy atom. The quantitative estimate of drug-likeness (QED) is 0.764. The molecule has 6 nitrogen and oxygen atoms in total. The second-order valence-corrected chi connectivity index (χ2v) is 5.63. The third-order valence-electron chi connectivity index (χ3n) is 2.56. The molecule has 2 N–H and O–H groups in total. The van der Waals surface area contributed by atoms with E-state index >= 15 is 0 Å². The topological polar surface area (TPSA) is 107 Å². The summed E-state index contributed by atoms with van der Waals surface area (Å²) in [4.78, 5) is 10.9. The van der Waals surface area contributed by atoms with Gasteiger partial charge in [-0.15, -0.1) is 0 Å². The highest BCUT2D eigenvalue weighted by atomic mass is 32.2. The van der Waals surface area contributed by atoms with Crippen molar-refractivity contribution in [3.05, 3.63) is 29.3 Å². The summed E-state index contributed by atoms with van der Waals surface area (Å²) >= 11 is 0. The summed E-state index contributed by atoms with van der Waals surface area (Å²) in [6, 6.07) is 6.01. The summed E-state index contributed by atoms with van der Waals surface area (Å²) in [5.74, 6) is -1.17. The predicted octanol–water partition coefficient (Wildman–Crippen LogP) is 1.28. The fraction of sp³-hybridized carbons (Fsp3) is 0.333. The smallest absolute Gasteiger partial charge is 0.335 e. The van der Waals surface area contributed by atoms with Crippen LogP contribution in [0.25, 0.3) is 0 Å². The number of benzene rings is 1. The molecule has 1 aromatic carbocycles. The van der Waals surface area contributed by atoms with E-state index in [1.54, 1.807) is 0 Å². The first-order chi connectivity index (χ1) is 8.90. The molecule has 0 aliphatic heterocycles. The number of carboxylic acids is 1. The van der Waals surface area contributed by atoms with E-state index in [0.29, 0.717) is 6.42 Å². The zero-order valence-corrected chi connectivity index (χ0v) is 11.2. The van der Waals surface area contributed by atoms with E-state index in [1.807, 2.05) is 6.07 Å². The molecule has 0 fully saturated rings. The minimum Gasteiger partial charge on any atom is -0.478 e. The third kappa shape index (κ3) is 3.77. The highest BCUT2D eigenvalue weighted by Gasteiger charge is 2.19. The van der Waals surface area contributed by atoms with Gasteiger partial charge in [0.2, 0.25) is 10.0 Å². The van der Waals surface area contributed by atoms with Gasteiger partial charge in [0.25, 0.3) is 0 Å². The third-order valence-corrected chi connectivity index (χ3v) is 4.17. The van der Waals surface area contributed by atoms with Gasteiger partial charge in [0.1, 0.15) is 0 Å². The largest absolute Gasteiger partial charge is 0.478 e. The Hall–Kier alpha value is -1.91. The maximum absolute atomic E-state index is 12.0. The van der Waals surface area contributed by atoms with Crippen LogP contribution >= 0.6 is 0 Å². The lowest BCUT2D eigenvalue weighted by atomic mass is 10.1. The van der Waals surface area contributed by atoms with E-state index in [0.717, 1.165) is 0 Å². The molecule has 1 aromatic rings. The number of rotatable bonds is 6. The zero-order chi connectivity index (χ0) is 14.5. The van der Waals surface area contributed by atoms with Crippen molar-refractivity contribution >= 4 is 16.0 Å². The molecule has 19 heavy (non-hydrogen) atoms. The van der Waals surface area contributed by atoms with Gasteiger partial charge in [-0.05, 0) is 31.0 Å². The number of aromatic carboxylic acids is 1. The van der Waals surface area contributed by atoms with Crippen LogP contribution in [-0.2, 0) is 10.0 Å².